The SMILES string of the molecule is Cc1oc2c(c(C)cc3o/c(=N\O)c4c(c32)CCC4)c1C. The molecule has 0 atom stereocenters. The van der Waals surface area contributed by atoms with Crippen LogP contribution in [0.4, 0.5) is 0 Å². The molecule has 0 aliphatic heterocycles. The molecule has 2 heterocycles. The lowest BCUT2D eigenvalue weighted by Gasteiger charge is -2.07. The number of furan rings is 1. The minimum Gasteiger partial charge on any atom is -0.460 e. The van der Waals surface area contributed by atoms with Crippen molar-refractivity contribution < 1.29 is 14.0 Å². The molecule has 0 spiro atoms. The molecular weight excluding hydrogens is 266 g/mol. The first-order valence-electron chi connectivity index (χ1n) is 7.27. The summed E-state index contributed by atoms with van der Waals surface area (Å²) in [7, 11) is 0. The van der Waals surface area contributed by atoms with E-state index in [0.717, 1.165) is 52.7 Å². The zero-order chi connectivity index (χ0) is 14.7. The molecule has 1 aliphatic rings. The van der Waals surface area contributed by atoms with Gasteiger partial charge >= 0.3 is 0 Å². The fourth-order valence-electron chi connectivity index (χ4n) is 3.60. The van der Waals surface area contributed by atoms with Gasteiger partial charge in [-0.3, -0.25) is 0 Å². The lowest BCUT2D eigenvalue weighted by Crippen LogP contribution is -2.09. The van der Waals surface area contributed by atoms with E-state index >= 15 is 0 Å². The first-order chi connectivity index (χ1) is 10.1. The van der Waals surface area contributed by atoms with Gasteiger partial charge in [-0.1, -0.05) is 0 Å². The molecule has 4 nitrogen and oxygen atoms in total. The lowest BCUT2D eigenvalue weighted by molar-refractivity contribution is 0.275. The van der Waals surface area contributed by atoms with Crippen molar-refractivity contribution >= 4 is 21.9 Å². The van der Waals surface area contributed by atoms with E-state index in [2.05, 4.69) is 19.0 Å². The molecule has 3 aromatic rings. The van der Waals surface area contributed by atoms with Gasteiger partial charge in [0.2, 0.25) is 0 Å². The highest BCUT2D eigenvalue weighted by Gasteiger charge is 2.23. The summed E-state index contributed by atoms with van der Waals surface area (Å²) >= 11 is 0. The number of aryl methyl sites for hydroxylation is 4. The second kappa shape index (κ2) is 4.13. The Morgan fingerprint density at radius 1 is 1.05 bits per heavy atom. The average Bonchev–Trinajstić information content (AvgIpc) is 3.04. The van der Waals surface area contributed by atoms with Crippen LogP contribution in [0.15, 0.2) is 20.1 Å². The molecule has 1 aromatic carbocycles. The lowest BCUT2D eigenvalue weighted by atomic mass is 10.00. The maximum Gasteiger partial charge on any atom is 0.259 e. The smallest absolute Gasteiger partial charge is 0.259 e. The van der Waals surface area contributed by atoms with Crippen molar-refractivity contribution in [2.75, 3.05) is 0 Å². The van der Waals surface area contributed by atoms with E-state index in [1.165, 1.54) is 16.5 Å². The summed E-state index contributed by atoms with van der Waals surface area (Å²) in [5, 5.41) is 14.8. The van der Waals surface area contributed by atoms with Gasteiger partial charge in [0.25, 0.3) is 5.55 Å². The number of fused-ring (bicyclic) bond motifs is 5. The molecule has 4 rings (SSSR count). The van der Waals surface area contributed by atoms with E-state index in [0.29, 0.717) is 5.55 Å². The molecule has 0 radical (unpaired) electrons. The second-order valence-corrected chi connectivity index (χ2v) is 5.87. The van der Waals surface area contributed by atoms with Crippen molar-refractivity contribution in [2.45, 2.75) is 40.0 Å². The molecule has 2 aromatic heterocycles. The molecule has 0 amide bonds. The highest BCUT2D eigenvalue weighted by Crippen LogP contribution is 2.38. The maximum absolute atomic E-state index is 9.20. The van der Waals surface area contributed by atoms with Gasteiger partial charge in [0.05, 0.1) is 5.39 Å². The van der Waals surface area contributed by atoms with Crippen LogP contribution in [0.3, 0.4) is 0 Å². The van der Waals surface area contributed by atoms with Crippen LogP contribution in [0.5, 0.6) is 0 Å². The molecule has 0 saturated carbocycles. The van der Waals surface area contributed by atoms with E-state index in [-0.39, 0.29) is 0 Å². The van der Waals surface area contributed by atoms with Gasteiger partial charge < -0.3 is 14.0 Å². The van der Waals surface area contributed by atoms with Gasteiger partial charge in [-0.2, -0.15) is 0 Å². The van der Waals surface area contributed by atoms with E-state index in [9.17, 15) is 5.21 Å². The van der Waals surface area contributed by atoms with Crippen LogP contribution in [0.2, 0.25) is 0 Å². The first-order valence-corrected chi connectivity index (χ1v) is 7.27. The zero-order valence-electron chi connectivity index (χ0n) is 12.4. The summed E-state index contributed by atoms with van der Waals surface area (Å²) in [6, 6.07) is 2.02. The molecule has 4 heteroatoms. The Balaban J connectivity index is 2.32. The van der Waals surface area contributed by atoms with Gasteiger partial charge in [-0.15, -0.1) is 0 Å². The van der Waals surface area contributed by atoms with E-state index in [1.807, 2.05) is 13.0 Å². The fourth-order valence-corrected chi connectivity index (χ4v) is 3.60. The standard InChI is InChI=1S/C17H17NO3/c1-8-7-13-15(16-14(8)9(2)10(3)20-16)11-5-4-6-12(11)17(18-19)21-13/h7,19H,4-6H2,1-3H3/b18-17-. The molecule has 0 fully saturated rings. The Hall–Kier alpha value is -2.23. The van der Waals surface area contributed by atoms with Crippen molar-refractivity contribution in [3.8, 4) is 0 Å². The van der Waals surface area contributed by atoms with Crippen molar-refractivity contribution in [3.05, 3.63) is 39.6 Å². The van der Waals surface area contributed by atoms with Crippen LogP contribution >= 0.6 is 0 Å². The zero-order valence-corrected chi connectivity index (χ0v) is 12.4. The van der Waals surface area contributed by atoms with Crippen LogP contribution in [0.1, 0.15) is 34.4 Å². The van der Waals surface area contributed by atoms with Crippen molar-refractivity contribution in [3.63, 3.8) is 0 Å². The van der Waals surface area contributed by atoms with Crippen molar-refractivity contribution in [2.24, 2.45) is 5.16 Å². The normalized spacial score (nSPS) is 15.3. The molecule has 0 bridgehead atoms. The van der Waals surface area contributed by atoms with Gasteiger partial charge in [-0.25, -0.2) is 0 Å². The average molecular weight is 283 g/mol. The molecule has 0 unspecified atom stereocenters. The van der Waals surface area contributed by atoms with Gasteiger partial charge in [0, 0.05) is 10.9 Å². The second-order valence-electron chi connectivity index (χ2n) is 5.87. The summed E-state index contributed by atoms with van der Waals surface area (Å²) in [5.41, 5.74) is 6.52. The summed E-state index contributed by atoms with van der Waals surface area (Å²) in [6.45, 7) is 6.15. The minimum absolute atomic E-state index is 0.341. The number of rotatable bonds is 0. The molecule has 108 valence electrons. The monoisotopic (exact) mass is 283 g/mol. The van der Waals surface area contributed by atoms with Crippen LogP contribution in [-0.2, 0) is 12.8 Å². The quantitative estimate of drug-likeness (QED) is 0.503. The number of hydrogen-bond donors (Lipinski definition) is 1. The molecule has 1 aliphatic carbocycles. The predicted molar refractivity (Wildman–Crippen MR) is 79.6 cm³/mol. The van der Waals surface area contributed by atoms with E-state index in [4.69, 9.17) is 8.83 Å². The third-order valence-corrected chi connectivity index (χ3v) is 4.68. The maximum atomic E-state index is 9.20. The Bertz CT molecular complexity index is 960. The molecule has 21 heavy (non-hydrogen) atoms. The van der Waals surface area contributed by atoms with Gasteiger partial charge in [0.15, 0.2) is 0 Å². The van der Waals surface area contributed by atoms with Gasteiger partial charge in [0.1, 0.15) is 16.9 Å². The highest BCUT2D eigenvalue weighted by atomic mass is 16.5. The summed E-state index contributed by atoms with van der Waals surface area (Å²) in [4.78, 5) is 0. The van der Waals surface area contributed by atoms with E-state index in [1.54, 1.807) is 0 Å². The van der Waals surface area contributed by atoms with Crippen molar-refractivity contribution in [1.82, 2.24) is 0 Å². The Kier molecular flexibility index (Phi) is 2.46. The Morgan fingerprint density at radius 2 is 1.81 bits per heavy atom. The topological polar surface area (TPSA) is 58.9 Å². The first kappa shape index (κ1) is 12.5. The third kappa shape index (κ3) is 1.53. The Morgan fingerprint density at radius 3 is 2.57 bits per heavy atom. The highest BCUT2D eigenvalue weighted by molar-refractivity contribution is 6.07. The van der Waals surface area contributed by atoms with E-state index < -0.39 is 0 Å². The number of nitrogens with zero attached hydrogens (tertiary/aromatic N) is 1. The van der Waals surface area contributed by atoms with Crippen LogP contribution in [0.25, 0.3) is 21.9 Å². The summed E-state index contributed by atoms with van der Waals surface area (Å²) < 4.78 is 11.9. The van der Waals surface area contributed by atoms with Crippen LogP contribution < -0.4 is 5.55 Å². The number of benzene rings is 1. The molecule has 1 N–H and O–H groups in total. The predicted octanol–water partition coefficient (Wildman–Crippen LogP) is 3.88. The summed E-state index contributed by atoms with van der Waals surface area (Å²) in [5.74, 6) is 0.947. The third-order valence-electron chi connectivity index (χ3n) is 4.68. The fraction of sp³-hybridized carbons (Fsp3) is 0.353. The van der Waals surface area contributed by atoms with Crippen LogP contribution in [0, 0.1) is 20.8 Å². The van der Waals surface area contributed by atoms with Gasteiger partial charge in [-0.05, 0) is 67.9 Å². The molecule has 0 saturated heterocycles. The summed E-state index contributed by atoms with van der Waals surface area (Å²) in [6.07, 6.45) is 2.92. The largest absolute Gasteiger partial charge is 0.460 e. The van der Waals surface area contributed by atoms with Crippen molar-refractivity contribution in [1.29, 1.82) is 0 Å². The molecular formula is C17H17NO3. The Labute approximate surface area is 121 Å². The number of hydrogen-bond acceptors (Lipinski definition) is 4. The minimum atomic E-state index is 0.341. The van der Waals surface area contributed by atoms with Crippen LogP contribution in [-0.4, -0.2) is 5.21 Å².